The minimum absolute atomic E-state index is 0.117. The fourth-order valence-corrected chi connectivity index (χ4v) is 1.42. The average molecular weight is 304 g/mol. The van der Waals surface area contributed by atoms with Crippen molar-refractivity contribution >= 4 is 18.0 Å². The summed E-state index contributed by atoms with van der Waals surface area (Å²) in [4.78, 5) is 21.7. The Hall–Kier alpha value is -2.85. The molecule has 0 saturated carbocycles. The monoisotopic (exact) mass is 304 g/mol. The molecular formula is C15H16N2O5. The molecule has 0 saturated heterocycles. The molecule has 0 radical (unpaired) electrons. The van der Waals surface area contributed by atoms with Gasteiger partial charge in [0.2, 0.25) is 0 Å². The Morgan fingerprint density at radius 3 is 2.50 bits per heavy atom. The largest absolute Gasteiger partial charge is 0.491 e. The summed E-state index contributed by atoms with van der Waals surface area (Å²) in [7, 11) is 1.29. The molecule has 7 heteroatoms. The van der Waals surface area contributed by atoms with Gasteiger partial charge in [0.05, 0.1) is 13.7 Å². The van der Waals surface area contributed by atoms with E-state index in [0.29, 0.717) is 11.3 Å². The lowest BCUT2D eigenvalue weighted by molar-refractivity contribution is -0.146. The van der Waals surface area contributed by atoms with Crippen LogP contribution < -0.4 is 10.5 Å². The number of amides is 1. The van der Waals surface area contributed by atoms with Crippen LogP contribution in [0.5, 0.6) is 5.75 Å². The Morgan fingerprint density at radius 1 is 1.27 bits per heavy atom. The molecule has 1 aromatic rings. The highest BCUT2D eigenvalue weighted by Gasteiger charge is 2.03. The van der Waals surface area contributed by atoms with Crippen molar-refractivity contribution in [1.29, 1.82) is 5.26 Å². The summed E-state index contributed by atoms with van der Waals surface area (Å²) >= 11 is 0. The predicted molar refractivity (Wildman–Crippen MR) is 77.6 cm³/mol. The summed E-state index contributed by atoms with van der Waals surface area (Å²) in [5, 5.41) is 8.75. The lowest BCUT2D eigenvalue weighted by Crippen LogP contribution is -2.14. The second-order valence-electron chi connectivity index (χ2n) is 4.08. The first-order chi connectivity index (χ1) is 10.6. The van der Waals surface area contributed by atoms with Crippen molar-refractivity contribution in [2.24, 2.45) is 5.73 Å². The SMILES string of the molecule is COC(=O)COCCOc1ccc(/C=C(\C#N)C(N)=O)cc1. The maximum absolute atomic E-state index is 10.9. The first-order valence-electron chi connectivity index (χ1n) is 6.36. The lowest BCUT2D eigenvalue weighted by atomic mass is 10.1. The summed E-state index contributed by atoms with van der Waals surface area (Å²) in [6, 6.07) is 8.46. The number of nitriles is 1. The van der Waals surface area contributed by atoms with Crippen LogP contribution in [-0.2, 0) is 19.1 Å². The Labute approximate surface area is 127 Å². The van der Waals surface area contributed by atoms with Crippen molar-refractivity contribution in [3.63, 3.8) is 0 Å². The van der Waals surface area contributed by atoms with Gasteiger partial charge in [0.1, 0.15) is 30.6 Å². The van der Waals surface area contributed by atoms with Crippen LogP contribution in [0.3, 0.4) is 0 Å². The number of carbonyl (C=O) groups excluding carboxylic acids is 2. The molecule has 2 N–H and O–H groups in total. The van der Waals surface area contributed by atoms with E-state index in [1.165, 1.54) is 13.2 Å². The summed E-state index contributed by atoms with van der Waals surface area (Å²) in [5.74, 6) is -0.624. The topological polar surface area (TPSA) is 112 Å². The molecule has 0 spiro atoms. The summed E-state index contributed by atoms with van der Waals surface area (Å²) < 4.78 is 14.8. The molecule has 0 aliphatic carbocycles. The van der Waals surface area contributed by atoms with E-state index in [2.05, 4.69) is 4.74 Å². The van der Waals surface area contributed by atoms with Crippen LogP contribution in [0.2, 0.25) is 0 Å². The van der Waals surface area contributed by atoms with E-state index in [9.17, 15) is 9.59 Å². The van der Waals surface area contributed by atoms with Crippen LogP contribution in [0, 0.1) is 11.3 Å². The van der Waals surface area contributed by atoms with Crippen molar-refractivity contribution < 1.29 is 23.8 Å². The molecule has 0 aromatic heterocycles. The van der Waals surface area contributed by atoms with Gasteiger partial charge in [-0.25, -0.2) is 4.79 Å². The smallest absolute Gasteiger partial charge is 0.331 e. The number of nitrogens with two attached hydrogens (primary N) is 1. The number of hydrogen-bond acceptors (Lipinski definition) is 6. The normalized spacial score (nSPS) is 10.6. The Balaban J connectivity index is 2.44. The zero-order valence-electron chi connectivity index (χ0n) is 12.1. The quantitative estimate of drug-likeness (QED) is 0.326. The number of esters is 1. The number of ether oxygens (including phenoxy) is 3. The van der Waals surface area contributed by atoms with Gasteiger partial charge in [-0.3, -0.25) is 4.79 Å². The summed E-state index contributed by atoms with van der Waals surface area (Å²) in [6.45, 7) is 0.404. The van der Waals surface area contributed by atoms with Crippen LogP contribution in [0.25, 0.3) is 6.08 Å². The number of hydrogen-bond donors (Lipinski definition) is 1. The van der Waals surface area contributed by atoms with E-state index in [1.807, 2.05) is 0 Å². The Kier molecular flexibility index (Phi) is 7.16. The van der Waals surface area contributed by atoms with Crippen LogP contribution in [-0.4, -0.2) is 38.8 Å². The Morgan fingerprint density at radius 2 is 1.95 bits per heavy atom. The summed E-state index contributed by atoms with van der Waals surface area (Å²) in [5.41, 5.74) is 5.59. The number of carbonyl (C=O) groups is 2. The molecule has 0 unspecified atom stereocenters. The van der Waals surface area contributed by atoms with Crippen LogP contribution >= 0.6 is 0 Å². The standard InChI is InChI=1S/C15H16N2O5/c1-20-14(18)10-21-6-7-22-13-4-2-11(3-5-13)8-12(9-16)15(17)19/h2-5,8H,6-7,10H2,1H3,(H2,17,19)/b12-8+. The fraction of sp³-hybridized carbons (Fsp3) is 0.267. The van der Waals surface area contributed by atoms with Gasteiger partial charge in [-0.1, -0.05) is 12.1 Å². The molecule has 7 nitrogen and oxygen atoms in total. The van der Waals surface area contributed by atoms with Crippen LogP contribution in [0.1, 0.15) is 5.56 Å². The highest BCUT2D eigenvalue weighted by Crippen LogP contribution is 2.14. The third-order valence-electron chi connectivity index (χ3n) is 2.52. The second-order valence-corrected chi connectivity index (χ2v) is 4.08. The van der Waals surface area contributed by atoms with Crippen molar-refractivity contribution in [3.8, 4) is 11.8 Å². The highest BCUT2D eigenvalue weighted by atomic mass is 16.6. The van der Waals surface area contributed by atoms with Crippen LogP contribution in [0.15, 0.2) is 29.8 Å². The predicted octanol–water partition coefficient (Wildman–Crippen LogP) is 0.647. The molecular weight excluding hydrogens is 288 g/mol. The molecule has 0 aliphatic heterocycles. The van der Waals surface area contributed by atoms with Gasteiger partial charge in [0.25, 0.3) is 5.91 Å². The molecule has 0 aliphatic rings. The number of nitrogens with zero attached hydrogens (tertiary/aromatic N) is 1. The Bertz CT molecular complexity index is 587. The molecule has 0 bridgehead atoms. The highest BCUT2D eigenvalue weighted by molar-refractivity contribution is 6.00. The molecule has 0 atom stereocenters. The number of rotatable bonds is 8. The molecule has 1 aromatic carbocycles. The zero-order chi connectivity index (χ0) is 16.4. The van der Waals surface area contributed by atoms with Gasteiger partial charge >= 0.3 is 5.97 Å². The van der Waals surface area contributed by atoms with Crippen molar-refractivity contribution in [3.05, 3.63) is 35.4 Å². The van der Waals surface area contributed by atoms with E-state index < -0.39 is 11.9 Å². The molecule has 1 rings (SSSR count). The van der Waals surface area contributed by atoms with Gasteiger partial charge in [-0.2, -0.15) is 5.26 Å². The van der Waals surface area contributed by atoms with E-state index in [-0.39, 0.29) is 25.4 Å². The van der Waals surface area contributed by atoms with E-state index in [1.54, 1.807) is 30.3 Å². The molecule has 1 amide bonds. The van der Waals surface area contributed by atoms with E-state index >= 15 is 0 Å². The van der Waals surface area contributed by atoms with Crippen molar-refractivity contribution in [2.45, 2.75) is 0 Å². The maximum atomic E-state index is 10.9. The molecule has 116 valence electrons. The molecule has 0 fully saturated rings. The lowest BCUT2D eigenvalue weighted by Gasteiger charge is -2.07. The number of primary amides is 1. The van der Waals surface area contributed by atoms with Gasteiger partial charge < -0.3 is 19.9 Å². The third-order valence-corrected chi connectivity index (χ3v) is 2.52. The van der Waals surface area contributed by atoms with Crippen molar-refractivity contribution in [2.75, 3.05) is 26.9 Å². The number of benzene rings is 1. The second kappa shape index (κ2) is 9.15. The van der Waals surface area contributed by atoms with Crippen molar-refractivity contribution in [1.82, 2.24) is 0 Å². The van der Waals surface area contributed by atoms with Gasteiger partial charge in [-0.05, 0) is 23.8 Å². The molecule has 22 heavy (non-hydrogen) atoms. The van der Waals surface area contributed by atoms with E-state index in [0.717, 1.165) is 0 Å². The van der Waals surface area contributed by atoms with Crippen LogP contribution in [0.4, 0.5) is 0 Å². The van der Waals surface area contributed by atoms with Gasteiger partial charge in [0, 0.05) is 0 Å². The van der Waals surface area contributed by atoms with Gasteiger partial charge in [0.15, 0.2) is 0 Å². The summed E-state index contributed by atoms with van der Waals surface area (Å²) in [6.07, 6.45) is 1.39. The first kappa shape index (κ1) is 17.2. The minimum atomic E-state index is -0.773. The fourth-order valence-electron chi connectivity index (χ4n) is 1.42. The number of methoxy groups -OCH3 is 1. The first-order valence-corrected chi connectivity index (χ1v) is 6.36. The van der Waals surface area contributed by atoms with E-state index in [4.69, 9.17) is 20.5 Å². The maximum Gasteiger partial charge on any atom is 0.331 e. The van der Waals surface area contributed by atoms with Gasteiger partial charge in [-0.15, -0.1) is 0 Å². The minimum Gasteiger partial charge on any atom is -0.491 e. The zero-order valence-corrected chi connectivity index (χ0v) is 12.1. The average Bonchev–Trinajstić information content (AvgIpc) is 2.52. The molecule has 0 heterocycles. The third kappa shape index (κ3) is 6.07.